The number of nitrogens with zero attached hydrogens (tertiary/aromatic N) is 1. The Bertz CT molecular complexity index is 672. The van der Waals surface area contributed by atoms with E-state index in [-0.39, 0.29) is 22.9 Å². The first kappa shape index (κ1) is 19.4. The molecule has 4 nitrogen and oxygen atoms in total. The largest absolute Gasteiger partial charge is 0.395 e. The van der Waals surface area contributed by atoms with Gasteiger partial charge in [-0.3, -0.25) is 0 Å². The van der Waals surface area contributed by atoms with E-state index in [2.05, 4.69) is 51.0 Å². The van der Waals surface area contributed by atoms with Crippen LogP contribution in [0.15, 0.2) is 23.4 Å². The van der Waals surface area contributed by atoms with Crippen molar-refractivity contribution < 1.29 is 9.94 Å². The fourth-order valence-corrected chi connectivity index (χ4v) is 5.49. The van der Waals surface area contributed by atoms with E-state index in [1.165, 1.54) is 16.7 Å². The van der Waals surface area contributed by atoms with E-state index >= 15 is 0 Å². The fourth-order valence-electron chi connectivity index (χ4n) is 5.49. The molecule has 2 aliphatic carbocycles. The van der Waals surface area contributed by atoms with Crippen molar-refractivity contribution in [2.24, 2.45) is 22.2 Å². The summed E-state index contributed by atoms with van der Waals surface area (Å²) in [4.78, 5) is 5.27. The second-order valence-electron chi connectivity index (χ2n) is 8.95. The molecule has 144 valence electrons. The number of benzene rings is 1. The predicted molar refractivity (Wildman–Crippen MR) is 107 cm³/mol. The van der Waals surface area contributed by atoms with Crippen molar-refractivity contribution >= 4 is 6.21 Å². The van der Waals surface area contributed by atoms with E-state index in [0.29, 0.717) is 19.1 Å². The second kappa shape index (κ2) is 7.32. The molecule has 0 aliphatic heterocycles. The lowest BCUT2D eigenvalue weighted by Gasteiger charge is -2.56. The molecular formula is C22H34N2O2. The van der Waals surface area contributed by atoms with Crippen LogP contribution in [-0.2, 0) is 16.7 Å². The molecule has 0 bridgehead atoms. The highest BCUT2D eigenvalue weighted by atomic mass is 16.6. The smallest absolute Gasteiger partial charge is 0.129 e. The highest BCUT2D eigenvalue weighted by molar-refractivity contribution is 5.67. The Balaban J connectivity index is 1.98. The summed E-state index contributed by atoms with van der Waals surface area (Å²) in [5, 5.41) is 15.4. The van der Waals surface area contributed by atoms with Crippen molar-refractivity contribution in [1.82, 2.24) is 0 Å². The van der Waals surface area contributed by atoms with Crippen LogP contribution in [0.2, 0.25) is 0 Å². The number of rotatable bonds is 5. The molecule has 0 spiro atoms. The molecule has 1 aromatic carbocycles. The zero-order valence-corrected chi connectivity index (χ0v) is 16.7. The Labute approximate surface area is 157 Å². The molecule has 1 aromatic rings. The van der Waals surface area contributed by atoms with Gasteiger partial charge in [-0.2, -0.15) is 0 Å². The van der Waals surface area contributed by atoms with Crippen LogP contribution in [-0.4, -0.2) is 30.6 Å². The van der Waals surface area contributed by atoms with Crippen LogP contribution < -0.4 is 5.73 Å². The average molecular weight is 359 g/mol. The summed E-state index contributed by atoms with van der Waals surface area (Å²) >= 11 is 0. The number of nitrogens with two attached hydrogens (primary N) is 1. The summed E-state index contributed by atoms with van der Waals surface area (Å²) in [6.07, 6.45) is 5.56. The van der Waals surface area contributed by atoms with Gasteiger partial charge in [-0.1, -0.05) is 57.5 Å². The van der Waals surface area contributed by atoms with Gasteiger partial charge in [0.05, 0.1) is 12.3 Å². The van der Waals surface area contributed by atoms with Crippen LogP contribution in [0.4, 0.5) is 0 Å². The molecule has 2 aliphatic rings. The zero-order valence-electron chi connectivity index (χ0n) is 16.7. The topological polar surface area (TPSA) is 67.8 Å². The third kappa shape index (κ3) is 3.29. The Morgan fingerprint density at radius 1 is 1.35 bits per heavy atom. The van der Waals surface area contributed by atoms with E-state index in [9.17, 15) is 5.11 Å². The van der Waals surface area contributed by atoms with E-state index in [1.807, 2.05) is 6.21 Å². The number of oxime groups is 1. The predicted octanol–water partition coefficient (Wildman–Crippen LogP) is 3.75. The molecule has 0 radical (unpaired) electrons. The maximum atomic E-state index is 11.2. The van der Waals surface area contributed by atoms with Gasteiger partial charge < -0.3 is 15.7 Å². The molecular weight excluding hydrogens is 324 g/mol. The van der Waals surface area contributed by atoms with Gasteiger partial charge in [0, 0.05) is 17.9 Å². The number of aliphatic hydroxyl groups is 1. The van der Waals surface area contributed by atoms with Crippen molar-refractivity contribution in [2.75, 3.05) is 13.2 Å². The van der Waals surface area contributed by atoms with E-state index in [4.69, 9.17) is 10.6 Å². The van der Waals surface area contributed by atoms with Crippen molar-refractivity contribution in [3.63, 3.8) is 0 Å². The van der Waals surface area contributed by atoms with Crippen LogP contribution in [0.25, 0.3) is 0 Å². The molecule has 1 saturated carbocycles. The molecule has 4 heteroatoms. The Hall–Kier alpha value is -1.39. The molecule has 0 aromatic heterocycles. The molecule has 0 amide bonds. The summed E-state index contributed by atoms with van der Waals surface area (Å²) in [7, 11) is 0. The van der Waals surface area contributed by atoms with Gasteiger partial charge in [0.2, 0.25) is 0 Å². The number of hydrogen-bond acceptors (Lipinski definition) is 4. The first-order valence-electron chi connectivity index (χ1n) is 10.00. The highest BCUT2D eigenvalue weighted by Crippen LogP contribution is 2.56. The summed E-state index contributed by atoms with van der Waals surface area (Å²) in [5.41, 5.74) is 9.37. The minimum absolute atomic E-state index is 0.0323. The second-order valence-corrected chi connectivity index (χ2v) is 8.95. The molecule has 1 fully saturated rings. The van der Waals surface area contributed by atoms with Gasteiger partial charge >= 0.3 is 0 Å². The quantitative estimate of drug-likeness (QED) is 0.478. The van der Waals surface area contributed by atoms with Crippen molar-refractivity contribution in [3.8, 4) is 0 Å². The first-order chi connectivity index (χ1) is 12.3. The summed E-state index contributed by atoms with van der Waals surface area (Å²) in [6.45, 7) is 9.89. The molecule has 4 atom stereocenters. The third-order valence-corrected chi connectivity index (χ3v) is 6.66. The lowest BCUT2D eigenvalue weighted by atomic mass is 9.49. The van der Waals surface area contributed by atoms with Gasteiger partial charge in [-0.15, -0.1) is 0 Å². The Morgan fingerprint density at radius 2 is 2.12 bits per heavy atom. The summed E-state index contributed by atoms with van der Waals surface area (Å²) < 4.78 is 0. The van der Waals surface area contributed by atoms with Crippen molar-refractivity contribution in [3.05, 3.63) is 34.9 Å². The average Bonchev–Trinajstić information content (AvgIpc) is 2.58. The SMILES string of the molecule is CC(C)c1ccc2c(c1)CC(O)[C@H]1[C@](C)(/C=N/OCCN)CCC[C@]21C. The van der Waals surface area contributed by atoms with E-state index in [0.717, 1.165) is 25.7 Å². The van der Waals surface area contributed by atoms with Crippen LogP contribution in [0.1, 0.15) is 69.6 Å². The molecule has 3 rings (SSSR count). The number of fused-ring (bicyclic) bond motifs is 3. The Kier molecular flexibility index (Phi) is 5.45. The standard InChI is InChI=1S/C22H34N2O2/c1-15(2)16-6-7-18-17(12-16)13-19(25)20-21(3,14-24-26-11-10-23)8-5-9-22(18,20)4/h6-7,12,14-15,19-20,25H,5,8-11,13,23H2,1-4H3/b24-14+/t19?,20-,21-,22+/m0/s1. The summed E-state index contributed by atoms with van der Waals surface area (Å²) in [5.74, 6) is 0.651. The molecule has 3 N–H and O–H groups in total. The van der Waals surface area contributed by atoms with Gasteiger partial charge in [-0.25, -0.2) is 0 Å². The van der Waals surface area contributed by atoms with Gasteiger partial charge in [-0.05, 0) is 47.3 Å². The van der Waals surface area contributed by atoms with Crippen LogP contribution in [0, 0.1) is 11.3 Å². The third-order valence-electron chi connectivity index (χ3n) is 6.66. The highest BCUT2D eigenvalue weighted by Gasteiger charge is 2.55. The van der Waals surface area contributed by atoms with E-state index in [1.54, 1.807) is 0 Å². The molecule has 1 unspecified atom stereocenters. The van der Waals surface area contributed by atoms with Gasteiger partial charge in [0.15, 0.2) is 0 Å². The monoisotopic (exact) mass is 358 g/mol. The van der Waals surface area contributed by atoms with Crippen LogP contribution in [0.3, 0.4) is 0 Å². The zero-order chi connectivity index (χ0) is 18.9. The molecule has 26 heavy (non-hydrogen) atoms. The van der Waals surface area contributed by atoms with Gasteiger partial charge in [0.25, 0.3) is 0 Å². The van der Waals surface area contributed by atoms with Crippen molar-refractivity contribution in [1.29, 1.82) is 0 Å². The van der Waals surface area contributed by atoms with Crippen LogP contribution in [0.5, 0.6) is 0 Å². The Morgan fingerprint density at radius 3 is 2.81 bits per heavy atom. The maximum absolute atomic E-state index is 11.2. The summed E-state index contributed by atoms with van der Waals surface area (Å²) in [6, 6.07) is 6.90. The minimum Gasteiger partial charge on any atom is -0.395 e. The maximum Gasteiger partial charge on any atom is 0.129 e. The van der Waals surface area contributed by atoms with Crippen LogP contribution >= 0.6 is 0 Å². The minimum atomic E-state index is -0.360. The molecule has 0 saturated heterocycles. The number of hydrogen-bond donors (Lipinski definition) is 2. The normalized spacial score (nSPS) is 34.0. The lowest BCUT2D eigenvalue weighted by molar-refractivity contribution is -0.0308. The fraction of sp³-hybridized carbons (Fsp3) is 0.682. The number of aliphatic hydroxyl groups excluding tert-OH is 1. The van der Waals surface area contributed by atoms with E-state index < -0.39 is 0 Å². The lowest BCUT2D eigenvalue weighted by Crippen LogP contribution is -2.56. The molecule has 0 heterocycles. The van der Waals surface area contributed by atoms with Crippen molar-refractivity contribution in [2.45, 2.75) is 70.8 Å². The first-order valence-corrected chi connectivity index (χ1v) is 10.00. The van der Waals surface area contributed by atoms with Gasteiger partial charge in [0.1, 0.15) is 6.61 Å².